The molecule has 0 fully saturated rings. The van der Waals surface area contributed by atoms with Gasteiger partial charge in [0.25, 0.3) is 0 Å². The zero-order chi connectivity index (χ0) is 13.2. The zero-order valence-corrected chi connectivity index (χ0v) is 11.2. The van der Waals surface area contributed by atoms with E-state index in [9.17, 15) is 8.42 Å². The van der Waals surface area contributed by atoms with Gasteiger partial charge in [-0.2, -0.15) is 0 Å². The number of rotatable bonds is 3. The first-order chi connectivity index (χ1) is 8.48. The lowest BCUT2D eigenvalue weighted by molar-refractivity contribution is 0.598. The molecule has 0 aromatic carbocycles. The molecule has 0 amide bonds. The summed E-state index contributed by atoms with van der Waals surface area (Å²) in [6, 6.07) is 4.85. The summed E-state index contributed by atoms with van der Waals surface area (Å²) >= 11 is 1.21. The summed E-state index contributed by atoms with van der Waals surface area (Å²) in [7, 11) is -3.31. The number of sulfone groups is 1. The Balaban J connectivity index is 2.45. The fourth-order valence-electron chi connectivity index (χ4n) is 1.33. The Labute approximate surface area is 109 Å². The van der Waals surface area contributed by atoms with Gasteiger partial charge in [-0.3, -0.25) is 4.98 Å². The van der Waals surface area contributed by atoms with Crippen LogP contribution in [0.3, 0.4) is 0 Å². The van der Waals surface area contributed by atoms with Crippen molar-refractivity contribution in [2.24, 2.45) is 0 Å². The van der Waals surface area contributed by atoms with E-state index in [-0.39, 0.29) is 4.90 Å². The number of nitrogens with zero attached hydrogens (tertiary/aromatic N) is 2. The molecule has 0 spiro atoms. The lowest BCUT2D eigenvalue weighted by Crippen LogP contribution is -2.01. The third-order valence-corrected chi connectivity index (χ3v) is 4.52. The van der Waals surface area contributed by atoms with Crippen LogP contribution in [0.1, 0.15) is 0 Å². The van der Waals surface area contributed by atoms with Crippen LogP contribution in [0.15, 0.2) is 51.6 Å². The maximum Gasteiger partial charge on any atom is 0.178 e. The summed E-state index contributed by atoms with van der Waals surface area (Å²) in [6.07, 6.45) is 5.82. The standard InChI is InChI=1S/C11H11N3O2S2/c1-18(15,16)10-3-2-5-14-11(10)17-9-4-6-13-7-8(9)12/h2-7H,12H2,1H3. The van der Waals surface area contributed by atoms with E-state index in [2.05, 4.69) is 9.97 Å². The van der Waals surface area contributed by atoms with Crippen molar-refractivity contribution in [1.29, 1.82) is 0 Å². The van der Waals surface area contributed by atoms with Crippen LogP contribution in [0.4, 0.5) is 5.69 Å². The quantitative estimate of drug-likeness (QED) is 0.920. The fourth-order valence-corrected chi connectivity index (χ4v) is 3.39. The van der Waals surface area contributed by atoms with Crippen molar-refractivity contribution < 1.29 is 8.42 Å². The number of hydrogen-bond acceptors (Lipinski definition) is 6. The van der Waals surface area contributed by atoms with Gasteiger partial charge in [0.2, 0.25) is 0 Å². The molecule has 0 aliphatic rings. The minimum atomic E-state index is -3.31. The average Bonchev–Trinajstić information content (AvgIpc) is 2.31. The molecule has 0 aliphatic carbocycles. The minimum Gasteiger partial charge on any atom is -0.397 e. The van der Waals surface area contributed by atoms with E-state index in [4.69, 9.17) is 5.73 Å². The Bertz CT molecular complexity index is 671. The van der Waals surface area contributed by atoms with Crippen LogP contribution in [0, 0.1) is 0 Å². The second kappa shape index (κ2) is 4.95. The molecule has 0 saturated heterocycles. The van der Waals surface area contributed by atoms with E-state index >= 15 is 0 Å². The van der Waals surface area contributed by atoms with E-state index in [1.807, 2.05) is 0 Å². The predicted molar refractivity (Wildman–Crippen MR) is 70.1 cm³/mol. The smallest absolute Gasteiger partial charge is 0.178 e. The third-order valence-electron chi connectivity index (χ3n) is 2.15. The van der Waals surface area contributed by atoms with Gasteiger partial charge >= 0.3 is 0 Å². The summed E-state index contributed by atoms with van der Waals surface area (Å²) in [6.45, 7) is 0. The number of nitrogen functional groups attached to an aromatic ring is 1. The van der Waals surface area contributed by atoms with E-state index in [0.29, 0.717) is 10.7 Å². The van der Waals surface area contributed by atoms with Gasteiger partial charge in [-0.25, -0.2) is 13.4 Å². The Morgan fingerprint density at radius 3 is 2.72 bits per heavy atom. The highest BCUT2D eigenvalue weighted by atomic mass is 32.2. The van der Waals surface area contributed by atoms with Crippen molar-refractivity contribution in [3.63, 3.8) is 0 Å². The van der Waals surface area contributed by atoms with Gasteiger partial charge in [-0.05, 0) is 18.2 Å². The zero-order valence-electron chi connectivity index (χ0n) is 9.57. The van der Waals surface area contributed by atoms with Gasteiger partial charge in [0, 0.05) is 23.5 Å². The van der Waals surface area contributed by atoms with Gasteiger partial charge in [-0.15, -0.1) is 0 Å². The largest absolute Gasteiger partial charge is 0.397 e. The topological polar surface area (TPSA) is 85.9 Å². The average molecular weight is 281 g/mol. The highest BCUT2D eigenvalue weighted by Crippen LogP contribution is 2.33. The van der Waals surface area contributed by atoms with E-state index in [1.54, 1.807) is 24.5 Å². The summed E-state index contributed by atoms with van der Waals surface area (Å²) in [5.74, 6) is 0. The fraction of sp³-hybridized carbons (Fsp3) is 0.0909. The number of hydrogen-bond donors (Lipinski definition) is 1. The van der Waals surface area contributed by atoms with Gasteiger partial charge in [0.05, 0.1) is 16.8 Å². The number of nitrogens with two attached hydrogens (primary N) is 1. The molecular formula is C11H11N3O2S2. The van der Waals surface area contributed by atoms with Crippen molar-refractivity contribution >= 4 is 27.3 Å². The molecule has 7 heteroatoms. The van der Waals surface area contributed by atoms with Crippen LogP contribution in [-0.4, -0.2) is 24.6 Å². The molecule has 0 atom stereocenters. The van der Waals surface area contributed by atoms with Crippen LogP contribution in [0.2, 0.25) is 0 Å². The van der Waals surface area contributed by atoms with Crippen molar-refractivity contribution in [3.8, 4) is 0 Å². The number of anilines is 1. The van der Waals surface area contributed by atoms with Crippen LogP contribution >= 0.6 is 11.8 Å². The molecule has 0 radical (unpaired) electrons. The Morgan fingerprint density at radius 1 is 1.28 bits per heavy atom. The summed E-state index contributed by atoms with van der Waals surface area (Å²) in [5, 5.41) is 0.415. The second-order valence-electron chi connectivity index (χ2n) is 3.59. The monoisotopic (exact) mass is 281 g/mol. The minimum absolute atomic E-state index is 0.200. The Kier molecular flexibility index (Phi) is 3.53. The van der Waals surface area contributed by atoms with Crippen LogP contribution in [-0.2, 0) is 9.84 Å². The molecular weight excluding hydrogens is 270 g/mol. The van der Waals surface area contributed by atoms with E-state index in [0.717, 1.165) is 11.2 Å². The first-order valence-electron chi connectivity index (χ1n) is 5.01. The molecule has 0 unspecified atom stereocenters. The first kappa shape index (κ1) is 12.8. The molecule has 18 heavy (non-hydrogen) atoms. The molecule has 5 nitrogen and oxygen atoms in total. The normalized spacial score (nSPS) is 11.4. The molecule has 2 rings (SSSR count). The van der Waals surface area contributed by atoms with Gasteiger partial charge < -0.3 is 5.73 Å². The van der Waals surface area contributed by atoms with Gasteiger partial charge in [-0.1, -0.05) is 11.8 Å². The third kappa shape index (κ3) is 2.80. The van der Waals surface area contributed by atoms with Crippen molar-refractivity contribution in [1.82, 2.24) is 9.97 Å². The summed E-state index contributed by atoms with van der Waals surface area (Å²) < 4.78 is 23.3. The molecule has 94 valence electrons. The van der Waals surface area contributed by atoms with Crippen molar-refractivity contribution in [2.75, 3.05) is 12.0 Å². The van der Waals surface area contributed by atoms with Gasteiger partial charge in [0.15, 0.2) is 9.84 Å². The molecule has 0 saturated carbocycles. The maximum absolute atomic E-state index is 11.6. The maximum atomic E-state index is 11.6. The molecule has 2 N–H and O–H groups in total. The molecule has 2 heterocycles. The molecule has 2 aromatic rings. The molecule has 2 aromatic heterocycles. The van der Waals surface area contributed by atoms with E-state index in [1.165, 1.54) is 24.0 Å². The number of pyridine rings is 2. The predicted octanol–water partition coefficient (Wildman–Crippen LogP) is 1.61. The number of aromatic nitrogens is 2. The van der Waals surface area contributed by atoms with E-state index < -0.39 is 9.84 Å². The van der Waals surface area contributed by atoms with Crippen LogP contribution < -0.4 is 5.73 Å². The first-order valence-corrected chi connectivity index (χ1v) is 7.71. The Hall–Kier alpha value is -1.60. The summed E-state index contributed by atoms with van der Waals surface area (Å²) in [4.78, 5) is 8.90. The highest BCUT2D eigenvalue weighted by molar-refractivity contribution is 8.00. The SMILES string of the molecule is CS(=O)(=O)c1cccnc1Sc1ccncc1N. The van der Waals surface area contributed by atoms with Crippen LogP contribution in [0.25, 0.3) is 0 Å². The summed E-state index contributed by atoms with van der Waals surface area (Å²) in [5.41, 5.74) is 6.26. The van der Waals surface area contributed by atoms with Crippen LogP contribution in [0.5, 0.6) is 0 Å². The molecule has 0 bridgehead atoms. The van der Waals surface area contributed by atoms with Gasteiger partial charge in [0.1, 0.15) is 5.03 Å². The van der Waals surface area contributed by atoms with Crippen molar-refractivity contribution in [3.05, 3.63) is 36.8 Å². The molecule has 0 aliphatic heterocycles. The second-order valence-corrected chi connectivity index (χ2v) is 6.61. The van der Waals surface area contributed by atoms with Crippen molar-refractivity contribution in [2.45, 2.75) is 14.8 Å². The lowest BCUT2D eigenvalue weighted by atomic mass is 10.4. The highest BCUT2D eigenvalue weighted by Gasteiger charge is 2.15. The lowest BCUT2D eigenvalue weighted by Gasteiger charge is -2.07. The Morgan fingerprint density at radius 2 is 2.06 bits per heavy atom.